The van der Waals surface area contributed by atoms with E-state index in [1.54, 1.807) is 6.20 Å². The molecule has 0 amide bonds. The molecule has 15 heavy (non-hydrogen) atoms. The molecule has 0 bridgehead atoms. The van der Waals surface area contributed by atoms with Gasteiger partial charge in [0.15, 0.2) is 5.16 Å². The maximum atomic E-state index is 5.72. The van der Waals surface area contributed by atoms with Crippen molar-refractivity contribution in [1.82, 2.24) is 9.97 Å². The van der Waals surface area contributed by atoms with Crippen LogP contribution in [0.3, 0.4) is 0 Å². The van der Waals surface area contributed by atoms with E-state index in [1.807, 2.05) is 36.6 Å². The molecular weight excluding hydrogens is 206 g/mol. The molecule has 76 valence electrons. The Morgan fingerprint density at radius 3 is 2.87 bits per heavy atom. The second-order valence-electron chi connectivity index (χ2n) is 3.05. The predicted octanol–water partition coefficient (Wildman–Crippen LogP) is 2.45. The van der Waals surface area contributed by atoms with Crippen LogP contribution < -0.4 is 5.73 Å². The Hall–Kier alpha value is -1.55. The summed E-state index contributed by atoms with van der Waals surface area (Å²) < 4.78 is 0. The molecule has 0 saturated heterocycles. The molecule has 1 heterocycles. The number of rotatable bonds is 2. The van der Waals surface area contributed by atoms with Crippen LogP contribution in [-0.2, 0) is 0 Å². The molecule has 0 radical (unpaired) electrons. The molecule has 3 nitrogen and oxygen atoms in total. The van der Waals surface area contributed by atoms with E-state index in [2.05, 4.69) is 9.97 Å². The van der Waals surface area contributed by atoms with Crippen LogP contribution in [0.1, 0.15) is 0 Å². The lowest BCUT2D eigenvalue weighted by Gasteiger charge is -2.02. The second kappa shape index (κ2) is 4.31. The van der Waals surface area contributed by atoms with Crippen LogP contribution in [0, 0.1) is 0 Å². The van der Waals surface area contributed by atoms with Crippen LogP contribution in [-0.4, -0.2) is 16.2 Å². The predicted molar refractivity (Wildman–Crippen MR) is 63.7 cm³/mol. The van der Waals surface area contributed by atoms with Crippen molar-refractivity contribution in [3.05, 3.63) is 36.5 Å². The summed E-state index contributed by atoms with van der Waals surface area (Å²) in [6.07, 6.45) is 3.72. The Morgan fingerprint density at radius 2 is 2.13 bits per heavy atom. The van der Waals surface area contributed by atoms with Gasteiger partial charge >= 0.3 is 0 Å². The summed E-state index contributed by atoms with van der Waals surface area (Å²) in [5.41, 5.74) is 8.39. The van der Waals surface area contributed by atoms with E-state index >= 15 is 0 Å². The van der Waals surface area contributed by atoms with Crippen molar-refractivity contribution in [2.75, 3.05) is 12.0 Å². The third-order valence-electron chi connectivity index (χ3n) is 2.00. The van der Waals surface area contributed by atoms with Gasteiger partial charge in [0, 0.05) is 17.4 Å². The lowest BCUT2D eigenvalue weighted by Crippen LogP contribution is -1.90. The van der Waals surface area contributed by atoms with Gasteiger partial charge in [-0.05, 0) is 24.5 Å². The largest absolute Gasteiger partial charge is 0.399 e. The van der Waals surface area contributed by atoms with E-state index in [0.29, 0.717) is 0 Å². The number of benzene rings is 1. The van der Waals surface area contributed by atoms with Gasteiger partial charge in [0.25, 0.3) is 0 Å². The Bertz CT molecular complexity index is 471. The van der Waals surface area contributed by atoms with Crippen molar-refractivity contribution < 1.29 is 0 Å². The molecule has 0 saturated carbocycles. The molecule has 0 aliphatic carbocycles. The second-order valence-corrected chi connectivity index (χ2v) is 3.83. The Labute approximate surface area is 92.8 Å². The molecule has 0 fully saturated rings. The van der Waals surface area contributed by atoms with Gasteiger partial charge in [-0.3, -0.25) is 0 Å². The summed E-state index contributed by atoms with van der Waals surface area (Å²) >= 11 is 1.53. The molecular formula is C11H11N3S. The van der Waals surface area contributed by atoms with Gasteiger partial charge in [-0.15, -0.1) is 0 Å². The minimum absolute atomic E-state index is 0.747. The zero-order chi connectivity index (χ0) is 10.7. The van der Waals surface area contributed by atoms with Crippen molar-refractivity contribution in [1.29, 1.82) is 0 Å². The van der Waals surface area contributed by atoms with Crippen molar-refractivity contribution in [3.63, 3.8) is 0 Å². The number of hydrogen-bond donors (Lipinski definition) is 1. The van der Waals surface area contributed by atoms with Gasteiger partial charge in [0.05, 0.1) is 5.69 Å². The first-order chi connectivity index (χ1) is 7.29. The maximum Gasteiger partial charge on any atom is 0.187 e. The Kier molecular flexibility index (Phi) is 2.87. The van der Waals surface area contributed by atoms with E-state index < -0.39 is 0 Å². The fourth-order valence-electron chi connectivity index (χ4n) is 1.30. The van der Waals surface area contributed by atoms with Crippen LogP contribution in [0.15, 0.2) is 41.7 Å². The molecule has 4 heteroatoms. The number of anilines is 1. The summed E-state index contributed by atoms with van der Waals surface area (Å²) in [5, 5.41) is 0.773. The van der Waals surface area contributed by atoms with Gasteiger partial charge in [0.2, 0.25) is 0 Å². The molecule has 2 rings (SSSR count). The van der Waals surface area contributed by atoms with Gasteiger partial charge in [-0.2, -0.15) is 0 Å². The van der Waals surface area contributed by atoms with Gasteiger partial charge in [0.1, 0.15) is 0 Å². The number of thioether (sulfide) groups is 1. The number of nitrogens with two attached hydrogens (primary N) is 1. The molecule has 0 atom stereocenters. The van der Waals surface area contributed by atoms with Gasteiger partial charge < -0.3 is 5.73 Å². The van der Waals surface area contributed by atoms with E-state index in [-0.39, 0.29) is 0 Å². The summed E-state index contributed by atoms with van der Waals surface area (Å²) in [5.74, 6) is 0. The summed E-state index contributed by atoms with van der Waals surface area (Å²) in [6.45, 7) is 0. The fourth-order valence-corrected chi connectivity index (χ4v) is 1.65. The van der Waals surface area contributed by atoms with Gasteiger partial charge in [-0.1, -0.05) is 23.9 Å². The first kappa shape index (κ1) is 9.98. The zero-order valence-electron chi connectivity index (χ0n) is 8.34. The maximum absolute atomic E-state index is 5.72. The fraction of sp³-hybridized carbons (Fsp3) is 0.0909. The Balaban J connectivity index is 2.44. The average Bonchev–Trinajstić information content (AvgIpc) is 2.29. The van der Waals surface area contributed by atoms with Crippen molar-refractivity contribution in [3.8, 4) is 11.3 Å². The standard InChI is InChI=1S/C11H11N3S/c1-15-11-13-6-5-10(14-11)8-3-2-4-9(12)7-8/h2-7H,12H2,1H3. The number of nitrogen functional groups attached to an aromatic ring is 1. The van der Waals surface area contributed by atoms with Crippen LogP contribution in [0.2, 0.25) is 0 Å². The highest BCUT2D eigenvalue weighted by atomic mass is 32.2. The van der Waals surface area contributed by atoms with Crippen molar-refractivity contribution in [2.24, 2.45) is 0 Å². The lowest BCUT2D eigenvalue weighted by atomic mass is 10.1. The molecule has 0 unspecified atom stereocenters. The van der Waals surface area contributed by atoms with Crippen molar-refractivity contribution in [2.45, 2.75) is 5.16 Å². The minimum atomic E-state index is 0.747. The highest BCUT2D eigenvalue weighted by Crippen LogP contribution is 2.20. The monoisotopic (exact) mass is 217 g/mol. The summed E-state index contributed by atoms with van der Waals surface area (Å²) in [6, 6.07) is 9.56. The topological polar surface area (TPSA) is 51.8 Å². The Morgan fingerprint density at radius 1 is 1.27 bits per heavy atom. The van der Waals surface area contributed by atoms with E-state index in [4.69, 9.17) is 5.73 Å². The molecule has 0 aliphatic rings. The third kappa shape index (κ3) is 2.27. The highest BCUT2D eigenvalue weighted by Gasteiger charge is 2.01. The summed E-state index contributed by atoms with van der Waals surface area (Å²) in [4.78, 5) is 8.53. The molecule has 0 aliphatic heterocycles. The normalized spacial score (nSPS) is 10.2. The number of nitrogens with zero attached hydrogens (tertiary/aromatic N) is 2. The van der Waals surface area contributed by atoms with Crippen LogP contribution in [0.4, 0.5) is 5.69 Å². The molecule has 0 spiro atoms. The molecule has 1 aromatic carbocycles. The van der Waals surface area contributed by atoms with Crippen molar-refractivity contribution >= 4 is 17.4 Å². The SMILES string of the molecule is CSc1nccc(-c2cccc(N)c2)n1. The van der Waals surface area contributed by atoms with Crippen LogP contribution in [0.5, 0.6) is 0 Å². The lowest BCUT2D eigenvalue weighted by molar-refractivity contribution is 0.976. The number of hydrogen-bond acceptors (Lipinski definition) is 4. The highest BCUT2D eigenvalue weighted by molar-refractivity contribution is 7.98. The first-order valence-corrected chi connectivity index (χ1v) is 5.75. The molecule has 1 aromatic heterocycles. The minimum Gasteiger partial charge on any atom is -0.399 e. The van der Waals surface area contributed by atoms with Gasteiger partial charge in [-0.25, -0.2) is 9.97 Å². The average molecular weight is 217 g/mol. The van der Waals surface area contributed by atoms with Crippen LogP contribution >= 0.6 is 11.8 Å². The zero-order valence-corrected chi connectivity index (χ0v) is 9.16. The summed E-state index contributed by atoms with van der Waals surface area (Å²) in [7, 11) is 0. The van der Waals surface area contributed by atoms with E-state index in [0.717, 1.165) is 22.1 Å². The van der Waals surface area contributed by atoms with E-state index in [1.165, 1.54) is 11.8 Å². The smallest absolute Gasteiger partial charge is 0.187 e. The third-order valence-corrected chi connectivity index (χ3v) is 2.56. The molecule has 2 N–H and O–H groups in total. The quantitative estimate of drug-likeness (QED) is 0.477. The first-order valence-electron chi connectivity index (χ1n) is 4.52. The van der Waals surface area contributed by atoms with Crippen LogP contribution in [0.25, 0.3) is 11.3 Å². The molecule has 2 aromatic rings. The van der Waals surface area contributed by atoms with E-state index in [9.17, 15) is 0 Å². The number of aromatic nitrogens is 2.